The average molecular weight is 433 g/mol. The molecule has 3 aromatic rings. The normalized spacial score (nSPS) is 10.6. The van der Waals surface area contributed by atoms with Crippen LogP contribution in [0.4, 0.5) is 0 Å². The van der Waals surface area contributed by atoms with Crippen LogP contribution in [0.5, 0.6) is 5.75 Å². The largest absolute Gasteiger partial charge is 0.497 e. The van der Waals surface area contributed by atoms with Gasteiger partial charge >= 0.3 is 0 Å². The number of hydrogen-bond donors (Lipinski definition) is 0. The number of Topliss-reactive ketones (excluding diaryl/α,β-unsaturated/α-hetero) is 2. The number of aryl methyl sites for hydroxylation is 1. The van der Waals surface area contributed by atoms with Gasteiger partial charge in [-0.3, -0.25) is 14.6 Å². The monoisotopic (exact) mass is 432 g/mol. The highest BCUT2D eigenvalue weighted by Gasteiger charge is 2.21. The number of carbonyl (C=O) groups is 2. The third-order valence-corrected chi connectivity index (χ3v) is 5.32. The maximum absolute atomic E-state index is 12.4. The molecule has 0 fully saturated rings. The van der Waals surface area contributed by atoms with Crippen molar-refractivity contribution in [1.29, 1.82) is 0 Å². The molecule has 0 amide bonds. The van der Waals surface area contributed by atoms with Crippen molar-refractivity contribution in [1.82, 2.24) is 4.57 Å². The summed E-state index contributed by atoms with van der Waals surface area (Å²) < 4.78 is 7.39. The molecule has 1 aromatic heterocycles. The highest BCUT2D eigenvalue weighted by Crippen LogP contribution is 2.28. The first-order chi connectivity index (χ1) is 15.2. The van der Waals surface area contributed by atoms with Crippen molar-refractivity contribution in [3.63, 3.8) is 0 Å². The Labute approximate surface area is 190 Å². The molecule has 1 heterocycles. The molecule has 0 aliphatic heterocycles. The van der Waals surface area contributed by atoms with E-state index in [1.165, 1.54) is 5.56 Å². The smallest absolute Gasteiger partial charge is 0.165 e. The van der Waals surface area contributed by atoms with Crippen LogP contribution in [-0.2, 0) is 0 Å². The van der Waals surface area contributed by atoms with Crippen molar-refractivity contribution in [2.45, 2.75) is 41.0 Å². The van der Waals surface area contributed by atoms with Gasteiger partial charge in [0, 0.05) is 59.5 Å². The Morgan fingerprint density at radius 3 is 2.22 bits per heavy atom. The summed E-state index contributed by atoms with van der Waals surface area (Å²) in [5.74, 6) is 1.05. The fourth-order valence-corrected chi connectivity index (χ4v) is 3.60. The summed E-state index contributed by atoms with van der Waals surface area (Å²) >= 11 is 0. The quantitative estimate of drug-likeness (QED) is 0.358. The van der Waals surface area contributed by atoms with Crippen LogP contribution in [0.15, 0.2) is 53.5 Å². The van der Waals surface area contributed by atoms with E-state index in [1.54, 1.807) is 27.3 Å². The van der Waals surface area contributed by atoms with Gasteiger partial charge in [0.05, 0.1) is 7.11 Å². The predicted octanol–water partition coefficient (Wildman–Crippen LogP) is 5.94. The Morgan fingerprint density at radius 2 is 1.69 bits per heavy atom. The van der Waals surface area contributed by atoms with Gasteiger partial charge in [-0.05, 0) is 39.8 Å². The van der Waals surface area contributed by atoms with Crippen LogP contribution in [0.1, 0.15) is 63.5 Å². The summed E-state index contributed by atoms with van der Waals surface area (Å²) in [6.45, 7) is 9.44. The van der Waals surface area contributed by atoms with Gasteiger partial charge in [-0.25, -0.2) is 0 Å². The van der Waals surface area contributed by atoms with Gasteiger partial charge < -0.3 is 9.30 Å². The number of ether oxygens (including phenoxy) is 1. The number of ketones is 2. The van der Waals surface area contributed by atoms with Crippen molar-refractivity contribution in [3.8, 4) is 11.4 Å². The number of hydrogen-bond acceptors (Lipinski definition) is 4. The fourth-order valence-electron chi connectivity index (χ4n) is 3.60. The Bertz CT molecular complexity index is 1120. The molecule has 0 aliphatic rings. The van der Waals surface area contributed by atoms with Crippen molar-refractivity contribution in [2.75, 3.05) is 14.2 Å². The molecule has 3 rings (SSSR count). The fraction of sp³-hybridized carbons (Fsp3) is 0.296. The third-order valence-electron chi connectivity index (χ3n) is 5.32. The minimum Gasteiger partial charge on any atom is -0.497 e. The van der Waals surface area contributed by atoms with E-state index < -0.39 is 0 Å². The first kappa shape index (κ1) is 24.8. The van der Waals surface area contributed by atoms with Gasteiger partial charge in [-0.1, -0.05) is 42.8 Å². The van der Waals surface area contributed by atoms with Crippen LogP contribution < -0.4 is 4.74 Å². The molecule has 0 spiro atoms. The molecular weight excluding hydrogens is 400 g/mol. The van der Waals surface area contributed by atoms with Crippen LogP contribution in [0.3, 0.4) is 0 Å². The Balaban J connectivity index is 0.000000303. The maximum atomic E-state index is 12.4. The van der Waals surface area contributed by atoms with E-state index in [0.717, 1.165) is 39.5 Å². The zero-order valence-corrected chi connectivity index (χ0v) is 20.0. The molecule has 2 aromatic carbocycles. The Kier molecular flexibility index (Phi) is 8.71. The summed E-state index contributed by atoms with van der Waals surface area (Å²) in [6, 6.07) is 15.4. The first-order valence-corrected chi connectivity index (χ1v) is 10.6. The van der Waals surface area contributed by atoms with Gasteiger partial charge in [0.15, 0.2) is 11.6 Å². The molecule has 0 radical (unpaired) electrons. The SMILES string of the molecule is CC(=O)c1ccc(C)cc1.CCC(=O)c1c(C=NC)c(C)n(-c2cccc(OC)c2)c1C. The molecule has 0 N–H and O–H groups in total. The lowest BCUT2D eigenvalue weighted by molar-refractivity contribution is 0.0985. The lowest BCUT2D eigenvalue weighted by atomic mass is 10.0. The number of nitrogens with zero attached hydrogens (tertiary/aromatic N) is 2. The lowest BCUT2D eigenvalue weighted by Gasteiger charge is -2.11. The van der Waals surface area contributed by atoms with Gasteiger partial charge in [-0.15, -0.1) is 0 Å². The van der Waals surface area contributed by atoms with Crippen LogP contribution in [0.2, 0.25) is 0 Å². The molecule has 5 heteroatoms. The lowest BCUT2D eigenvalue weighted by Crippen LogP contribution is -2.03. The van der Waals surface area contributed by atoms with E-state index in [-0.39, 0.29) is 11.6 Å². The number of aliphatic imine (C=N–C) groups is 1. The molecule has 0 unspecified atom stereocenters. The molecule has 0 bridgehead atoms. The van der Waals surface area contributed by atoms with Crippen molar-refractivity contribution in [2.24, 2.45) is 4.99 Å². The van der Waals surface area contributed by atoms with Crippen LogP contribution >= 0.6 is 0 Å². The first-order valence-electron chi connectivity index (χ1n) is 10.6. The summed E-state index contributed by atoms with van der Waals surface area (Å²) in [6.07, 6.45) is 2.24. The topological polar surface area (TPSA) is 60.7 Å². The number of carbonyl (C=O) groups excluding carboxylic acids is 2. The Morgan fingerprint density at radius 1 is 1.03 bits per heavy atom. The molecule has 32 heavy (non-hydrogen) atoms. The average Bonchev–Trinajstić information content (AvgIpc) is 3.03. The highest BCUT2D eigenvalue weighted by atomic mass is 16.5. The number of rotatable bonds is 6. The van der Waals surface area contributed by atoms with Crippen LogP contribution in [0.25, 0.3) is 5.69 Å². The van der Waals surface area contributed by atoms with Crippen molar-refractivity contribution >= 4 is 17.8 Å². The van der Waals surface area contributed by atoms with Crippen LogP contribution in [-0.4, -0.2) is 36.5 Å². The van der Waals surface area contributed by atoms with Gasteiger partial charge in [-0.2, -0.15) is 0 Å². The standard InChI is InChI=1S/C18H22N2O2.C9H10O/c1-6-17(21)18-13(3)20(12(2)16(18)11-19-4)14-8-7-9-15(10-14)22-5;1-7-3-5-9(6-4-7)8(2)10/h7-11H,6H2,1-5H3;3-6H,1-2H3. The molecule has 0 saturated heterocycles. The summed E-state index contributed by atoms with van der Waals surface area (Å²) in [5.41, 5.74) is 6.55. The number of aromatic nitrogens is 1. The third kappa shape index (κ3) is 5.61. The second-order valence-corrected chi connectivity index (χ2v) is 7.58. The molecule has 0 atom stereocenters. The van der Waals surface area contributed by atoms with Crippen molar-refractivity contribution in [3.05, 3.63) is 82.2 Å². The van der Waals surface area contributed by atoms with Gasteiger partial charge in [0.2, 0.25) is 0 Å². The minimum atomic E-state index is 0.125. The second kappa shape index (κ2) is 11.2. The zero-order valence-electron chi connectivity index (χ0n) is 20.0. The van der Waals surface area contributed by atoms with E-state index in [9.17, 15) is 9.59 Å². The van der Waals surface area contributed by atoms with E-state index in [1.807, 2.05) is 76.2 Å². The maximum Gasteiger partial charge on any atom is 0.165 e. The number of benzene rings is 2. The van der Waals surface area contributed by atoms with Gasteiger partial charge in [0.1, 0.15) is 5.75 Å². The van der Waals surface area contributed by atoms with E-state index in [4.69, 9.17) is 4.74 Å². The van der Waals surface area contributed by atoms with E-state index in [0.29, 0.717) is 6.42 Å². The second-order valence-electron chi connectivity index (χ2n) is 7.58. The van der Waals surface area contributed by atoms with E-state index in [2.05, 4.69) is 9.56 Å². The zero-order chi connectivity index (χ0) is 23.8. The minimum absolute atomic E-state index is 0.125. The summed E-state index contributed by atoms with van der Waals surface area (Å²) in [7, 11) is 3.37. The molecular formula is C27H32N2O3. The molecule has 0 aliphatic carbocycles. The molecule has 5 nitrogen and oxygen atoms in total. The highest BCUT2D eigenvalue weighted by molar-refractivity contribution is 6.05. The van der Waals surface area contributed by atoms with Gasteiger partial charge in [0.25, 0.3) is 0 Å². The molecule has 0 saturated carbocycles. The van der Waals surface area contributed by atoms with Crippen LogP contribution in [0, 0.1) is 20.8 Å². The summed E-state index contributed by atoms with van der Waals surface area (Å²) in [4.78, 5) is 27.2. The summed E-state index contributed by atoms with van der Waals surface area (Å²) in [5, 5.41) is 0. The van der Waals surface area contributed by atoms with E-state index >= 15 is 0 Å². The van der Waals surface area contributed by atoms with Crippen molar-refractivity contribution < 1.29 is 14.3 Å². The molecule has 168 valence electrons. The Hall–Kier alpha value is -3.47. The number of methoxy groups -OCH3 is 1. The predicted molar refractivity (Wildman–Crippen MR) is 131 cm³/mol.